The van der Waals surface area contributed by atoms with Gasteiger partial charge in [0, 0.05) is 11.5 Å². The average molecular weight is 174 g/mol. The second-order valence-corrected chi connectivity index (χ2v) is 3.32. The summed E-state index contributed by atoms with van der Waals surface area (Å²) in [6.07, 6.45) is 0.641. The number of halogens is 1. The highest BCUT2D eigenvalue weighted by Gasteiger charge is 2.22. The third kappa shape index (κ3) is 1.43. The van der Waals surface area contributed by atoms with E-state index in [1.807, 2.05) is 37.3 Å². The Bertz CT molecular complexity index is 358. The molecule has 2 unspecified atom stereocenters. The second kappa shape index (κ2) is 3.20. The fraction of sp³-hybridized carbons (Fsp3) is 0.250. The summed E-state index contributed by atoms with van der Waals surface area (Å²) < 4.78 is 13.1. The normalized spacial score (nSPS) is 26.2. The van der Waals surface area contributed by atoms with Gasteiger partial charge in [-0.2, -0.15) is 0 Å². The molecule has 0 spiro atoms. The van der Waals surface area contributed by atoms with Gasteiger partial charge in [-0.3, -0.25) is 0 Å². The van der Waals surface area contributed by atoms with Gasteiger partial charge in [0.05, 0.1) is 0 Å². The number of allylic oxidation sites excluding steroid dienone is 1. The summed E-state index contributed by atoms with van der Waals surface area (Å²) in [6.45, 7) is 1.89. The lowest BCUT2D eigenvalue weighted by Gasteiger charge is -2.10. The molecule has 1 aliphatic rings. The Labute approximate surface area is 77.4 Å². The van der Waals surface area contributed by atoms with Gasteiger partial charge in [0.25, 0.3) is 0 Å². The molecule has 0 bridgehead atoms. The molecule has 0 N–H and O–H groups in total. The Morgan fingerprint density at radius 3 is 2.46 bits per heavy atom. The van der Waals surface area contributed by atoms with E-state index in [9.17, 15) is 4.39 Å². The molecule has 0 radical (unpaired) electrons. The van der Waals surface area contributed by atoms with Crippen LogP contribution in [0, 0.1) is 5.92 Å². The predicted octanol–water partition coefficient (Wildman–Crippen LogP) is 3.21. The first-order valence-corrected chi connectivity index (χ1v) is 4.45. The third-order valence-electron chi connectivity index (χ3n) is 2.42. The standard InChI is InChI=1S/C12H11F/c1-9-11(7-8-12(9)13)10-5-3-2-4-6-10/h2-6,8-9,12H,1H3. The summed E-state index contributed by atoms with van der Waals surface area (Å²) >= 11 is 0. The molecule has 0 saturated heterocycles. The van der Waals surface area contributed by atoms with Crippen LogP contribution < -0.4 is 0 Å². The molecule has 0 saturated carbocycles. The predicted molar refractivity (Wildman–Crippen MR) is 52.0 cm³/mol. The minimum absolute atomic E-state index is 0.0533. The first-order valence-electron chi connectivity index (χ1n) is 4.45. The molecule has 0 aromatic heterocycles. The van der Waals surface area contributed by atoms with Crippen molar-refractivity contribution in [2.75, 3.05) is 0 Å². The molecule has 1 heteroatoms. The Morgan fingerprint density at radius 2 is 1.92 bits per heavy atom. The maximum Gasteiger partial charge on any atom is 0.133 e. The van der Waals surface area contributed by atoms with Gasteiger partial charge >= 0.3 is 0 Å². The molecule has 0 fully saturated rings. The molecule has 13 heavy (non-hydrogen) atoms. The van der Waals surface area contributed by atoms with Crippen LogP contribution in [0.2, 0.25) is 0 Å². The van der Waals surface area contributed by atoms with Crippen molar-refractivity contribution in [3.8, 4) is 0 Å². The van der Waals surface area contributed by atoms with Crippen molar-refractivity contribution < 1.29 is 4.39 Å². The zero-order valence-electron chi connectivity index (χ0n) is 7.50. The van der Waals surface area contributed by atoms with E-state index in [-0.39, 0.29) is 5.92 Å². The average Bonchev–Trinajstić information content (AvgIpc) is 2.49. The molecule has 1 aromatic carbocycles. The van der Waals surface area contributed by atoms with E-state index in [0.29, 0.717) is 0 Å². The first kappa shape index (κ1) is 8.28. The van der Waals surface area contributed by atoms with Gasteiger partial charge in [-0.1, -0.05) is 37.3 Å². The highest BCUT2D eigenvalue weighted by Crippen LogP contribution is 2.30. The molecule has 0 nitrogen and oxygen atoms in total. The molecular weight excluding hydrogens is 163 g/mol. The monoisotopic (exact) mass is 174 g/mol. The van der Waals surface area contributed by atoms with Crippen molar-refractivity contribution in [2.45, 2.75) is 13.1 Å². The van der Waals surface area contributed by atoms with Crippen molar-refractivity contribution in [1.82, 2.24) is 0 Å². The minimum atomic E-state index is -0.866. The van der Waals surface area contributed by atoms with Crippen molar-refractivity contribution >= 4 is 5.57 Å². The maximum atomic E-state index is 13.1. The molecule has 2 atom stereocenters. The van der Waals surface area contributed by atoms with Crippen LogP contribution in [0.15, 0.2) is 42.1 Å². The van der Waals surface area contributed by atoms with Gasteiger partial charge in [0.2, 0.25) is 0 Å². The molecule has 0 aliphatic heterocycles. The lowest BCUT2D eigenvalue weighted by Crippen LogP contribution is -2.06. The summed E-state index contributed by atoms with van der Waals surface area (Å²) in [5, 5.41) is 0. The van der Waals surface area contributed by atoms with Gasteiger partial charge in [-0.05, 0) is 11.6 Å². The van der Waals surface area contributed by atoms with Gasteiger partial charge in [-0.25, -0.2) is 4.39 Å². The molecular formula is C12H11F. The van der Waals surface area contributed by atoms with Crippen molar-refractivity contribution in [3.05, 3.63) is 47.7 Å². The zero-order chi connectivity index (χ0) is 9.26. The molecule has 0 amide bonds. The second-order valence-electron chi connectivity index (χ2n) is 3.32. The Morgan fingerprint density at radius 1 is 1.23 bits per heavy atom. The van der Waals surface area contributed by atoms with Gasteiger partial charge < -0.3 is 0 Å². The first-order chi connectivity index (χ1) is 6.29. The molecule has 0 heterocycles. The molecule has 1 aliphatic carbocycles. The van der Waals surface area contributed by atoms with Crippen LogP contribution in [-0.4, -0.2) is 6.17 Å². The van der Waals surface area contributed by atoms with E-state index in [1.165, 1.54) is 6.08 Å². The van der Waals surface area contributed by atoms with Crippen molar-refractivity contribution in [2.24, 2.45) is 5.92 Å². The summed E-state index contributed by atoms with van der Waals surface area (Å²) in [5.41, 5.74) is 5.04. The fourth-order valence-corrected chi connectivity index (χ4v) is 1.57. The summed E-state index contributed by atoms with van der Waals surface area (Å²) in [6, 6.07) is 9.86. The van der Waals surface area contributed by atoms with E-state index in [1.54, 1.807) is 0 Å². The van der Waals surface area contributed by atoms with E-state index < -0.39 is 6.17 Å². The van der Waals surface area contributed by atoms with Crippen LogP contribution in [0.1, 0.15) is 12.5 Å². The van der Waals surface area contributed by atoms with Crippen LogP contribution in [-0.2, 0) is 0 Å². The summed E-state index contributed by atoms with van der Waals surface area (Å²) in [5.74, 6) is -0.0533. The smallest absolute Gasteiger partial charge is 0.133 e. The highest BCUT2D eigenvalue weighted by atomic mass is 19.1. The molecule has 2 rings (SSSR count). The van der Waals surface area contributed by atoms with Crippen LogP contribution in [0.25, 0.3) is 5.57 Å². The lowest BCUT2D eigenvalue weighted by atomic mass is 9.95. The quantitative estimate of drug-likeness (QED) is 0.573. The summed E-state index contributed by atoms with van der Waals surface area (Å²) in [4.78, 5) is 0. The van der Waals surface area contributed by atoms with Crippen molar-refractivity contribution in [1.29, 1.82) is 0 Å². The van der Waals surface area contributed by atoms with E-state index in [2.05, 4.69) is 5.73 Å². The number of hydrogen-bond acceptors (Lipinski definition) is 0. The molecule has 66 valence electrons. The SMILES string of the molecule is CC1C(c2ccccc2)=C=CC1F. The Balaban J connectivity index is 2.35. The Hall–Kier alpha value is -1.33. The topological polar surface area (TPSA) is 0 Å². The van der Waals surface area contributed by atoms with Gasteiger partial charge in [-0.15, -0.1) is 5.73 Å². The highest BCUT2D eigenvalue weighted by molar-refractivity contribution is 5.69. The van der Waals surface area contributed by atoms with Crippen LogP contribution >= 0.6 is 0 Å². The van der Waals surface area contributed by atoms with Gasteiger partial charge in [0.1, 0.15) is 6.17 Å². The third-order valence-corrected chi connectivity index (χ3v) is 2.42. The van der Waals surface area contributed by atoms with Crippen molar-refractivity contribution in [3.63, 3.8) is 0 Å². The van der Waals surface area contributed by atoms with Crippen LogP contribution in [0.5, 0.6) is 0 Å². The van der Waals surface area contributed by atoms with Crippen LogP contribution in [0.4, 0.5) is 4.39 Å². The number of rotatable bonds is 1. The van der Waals surface area contributed by atoms with Gasteiger partial charge in [0.15, 0.2) is 0 Å². The Kier molecular flexibility index (Phi) is 2.03. The fourth-order valence-electron chi connectivity index (χ4n) is 1.57. The zero-order valence-corrected chi connectivity index (χ0v) is 7.50. The van der Waals surface area contributed by atoms with E-state index in [4.69, 9.17) is 0 Å². The maximum absolute atomic E-state index is 13.1. The van der Waals surface area contributed by atoms with Crippen LogP contribution in [0.3, 0.4) is 0 Å². The van der Waals surface area contributed by atoms with E-state index in [0.717, 1.165) is 11.1 Å². The number of alkyl halides is 1. The number of hydrogen-bond donors (Lipinski definition) is 0. The minimum Gasteiger partial charge on any atom is -0.242 e. The molecule has 1 aromatic rings. The summed E-state index contributed by atoms with van der Waals surface area (Å²) in [7, 11) is 0. The largest absolute Gasteiger partial charge is 0.242 e. The lowest BCUT2D eigenvalue weighted by molar-refractivity contribution is 0.350. The van der Waals surface area contributed by atoms with E-state index >= 15 is 0 Å². The number of benzene rings is 1.